The lowest BCUT2D eigenvalue weighted by atomic mass is 9.84. The summed E-state index contributed by atoms with van der Waals surface area (Å²) in [6, 6.07) is 0. The van der Waals surface area contributed by atoms with Gasteiger partial charge < -0.3 is 15.3 Å². The first-order valence-electron chi connectivity index (χ1n) is 3.96. The van der Waals surface area contributed by atoms with Gasteiger partial charge in [0, 0.05) is 13.1 Å². The summed E-state index contributed by atoms with van der Waals surface area (Å²) in [5, 5.41) is 12.0. The third-order valence-electron chi connectivity index (χ3n) is 2.83. The van der Waals surface area contributed by atoms with Gasteiger partial charge in [-0.05, 0) is 19.4 Å². The Morgan fingerprint density at radius 2 is 2.36 bits per heavy atom. The van der Waals surface area contributed by atoms with Gasteiger partial charge in [0.15, 0.2) is 0 Å². The molecule has 0 bridgehead atoms. The molecule has 2 fully saturated rings. The van der Waals surface area contributed by atoms with E-state index in [-0.39, 0.29) is 5.54 Å². The Kier molecular flexibility index (Phi) is 1.32. The molecule has 2 aliphatic rings. The molecule has 2 aliphatic heterocycles. The number of carboxylic acid groups (broad SMARTS) is 1. The molecule has 0 saturated carbocycles. The molecular weight excluding hydrogens is 144 g/mol. The van der Waals surface area contributed by atoms with Crippen molar-refractivity contribution in [2.45, 2.75) is 18.4 Å². The van der Waals surface area contributed by atoms with Crippen LogP contribution in [0.25, 0.3) is 0 Å². The lowest BCUT2D eigenvalue weighted by Gasteiger charge is -2.48. The second-order valence-corrected chi connectivity index (χ2v) is 3.34. The molecular formula is C7H12N2O2. The maximum atomic E-state index is 10.6. The van der Waals surface area contributed by atoms with Crippen LogP contribution in [0.4, 0.5) is 4.79 Å². The summed E-state index contributed by atoms with van der Waals surface area (Å²) in [6.07, 6.45) is 1.26. The van der Waals surface area contributed by atoms with Crippen molar-refractivity contribution in [2.24, 2.45) is 0 Å². The average molecular weight is 156 g/mol. The van der Waals surface area contributed by atoms with Gasteiger partial charge in [-0.15, -0.1) is 0 Å². The minimum absolute atomic E-state index is 0.0220. The lowest BCUT2D eigenvalue weighted by molar-refractivity contribution is 0.0135. The fraction of sp³-hybridized carbons (Fsp3) is 0.857. The number of rotatable bonds is 0. The van der Waals surface area contributed by atoms with E-state index < -0.39 is 6.09 Å². The van der Waals surface area contributed by atoms with Gasteiger partial charge in [0.2, 0.25) is 0 Å². The van der Waals surface area contributed by atoms with E-state index in [1.807, 2.05) is 0 Å². The van der Waals surface area contributed by atoms with Crippen LogP contribution in [0, 0.1) is 0 Å². The number of amides is 1. The SMILES string of the molecule is O=C(O)N1CCC12CCNC2. The zero-order valence-electron chi connectivity index (χ0n) is 6.34. The highest BCUT2D eigenvalue weighted by Gasteiger charge is 2.49. The molecule has 0 aromatic heterocycles. The minimum atomic E-state index is -0.764. The third-order valence-corrected chi connectivity index (χ3v) is 2.83. The van der Waals surface area contributed by atoms with Gasteiger partial charge in [-0.2, -0.15) is 0 Å². The van der Waals surface area contributed by atoms with E-state index >= 15 is 0 Å². The molecule has 0 aromatic rings. The van der Waals surface area contributed by atoms with Crippen LogP contribution in [0.5, 0.6) is 0 Å². The van der Waals surface area contributed by atoms with Crippen molar-refractivity contribution >= 4 is 6.09 Å². The van der Waals surface area contributed by atoms with Gasteiger partial charge in [0.1, 0.15) is 0 Å². The number of hydrogen-bond acceptors (Lipinski definition) is 2. The van der Waals surface area contributed by atoms with Crippen LogP contribution in [0.15, 0.2) is 0 Å². The van der Waals surface area contributed by atoms with Gasteiger partial charge in [0.05, 0.1) is 5.54 Å². The quantitative estimate of drug-likeness (QED) is 0.523. The van der Waals surface area contributed by atoms with Crippen LogP contribution >= 0.6 is 0 Å². The average Bonchev–Trinajstić information content (AvgIpc) is 2.31. The normalized spacial score (nSPS) is 35.8. The van der Waals surface area contributed by atoms with Gasteiger partial charge in [-0.3, -0.25) is 0 Å². The Morgan fingerprint density at radius 1 is 1.55 bits per heavy atom. The van der Waals surface area contributed by atoms with Gasteiger partial charge >= 0.3 is 6.09 Å². The number of nitrogens with zero attached hydrogens (tertiary/aromatic N) is 1. The van der Waals surface area contributed by atoms with Crippen LogP contribution in [0.3, 0.4) is 0 Å². The van der Waals surface area contributed by atoms with E-state index in [0.29, 0.717) is 0 Å². The number of carbonyl (C=O) groups is 1. The van der Waals surface area contributed by atoms with Gasteiger partial charge in [0.25, 0.3) is 0 Å². The predicted octanol–water partition coefficient (Wildman–Crippen LogP) is 0.102. The topological polar surface area (TPSA) is 52.6 Å². The molecule has 4 heteroatoms. The lowest BCUT2D eigenvalue weighted by Crippen LogP contribution is -2.62. The summed E-state index contributed by atoms with van der Waals surface area (Å²) in [4.78, 5) is 12.2. The fourth-order valence-electron chi connectivity index (χ4n) is 2.01. The fourth-order valence-corrected chi connectivity index (χ4v) is 2.01. The van der Waals surface area contributed by atoms with E-state index in [1.165, 1.54) is 0 Å². The predicted molar refractivity (Wildman–Crippen MR) is 39.6 cm³/mol. The van der Waals surface area contributed by atoms with Gasteiger partial charge in [-0.25, -0.2) is 4.79 Å². The Hall–Kier alpha value is -0.770. The molecule has 1 spiro atoms. The molecule has 1 unspecified atom stereocenters. The summed E-state index contributed by atoms with van der Waals surface area (Å²) in [5.41, 5.74) is -0.0220. The van der Waals surface area contributed by atoms with Gasteiger partial charge in [-0.1, -0.05) is 0 Å². The molecule has 11 heavy (non-hydrogen) atoms. The van der Waals surface area contributed by atoms with E-state index in [4.69, 9.17) is 5.11 Å². The molecule has 2 heterocycles. The van der Waals surface area contributed by atoms with Crippen LogP contribution in [-0.2, 0) is 0 Å². The highest BCUT2D eigenvalue weighted by Crippen LogP contribution is 2.35. The summed E-state index contributed by atoms with van der Waals surface area (Å²) in [7, 11) is 0. The van der Waals surface area contributed by atoms with Crippen molar-refractivity contribution in [3.8, 4) is 0 Å². The number of likely N-dealkylation sites (tertiary alicyclic amines) is 1. The Balaban J connectivity index is 2.09. The van der Waals surface area contributed by atoms with Crippen molar-refractivity contribution < 1.29 is 9.90 Å². The van der Waals surface area contributed by atoms with Crippen LogP contribution in [0.1, 0.15) is 12.8 Å². The first-order chi connectivity index (χ1) is 5.25. The first kappa shape index (κ1) is 6.91. The molecule has 0 aliphatic carbocycles. The summed E-state index contributed by atoms with van der Waals surface area (Å²) in [6.45, 7) is 2.53. The zero-order chi connectivity index (χ0) is 7.90. The Labute approximate surface area is 65.2 Å². The standard InChI is InChI=1S/C7H12N2O2/c10-6(11)9-4-2-7(9)1-3-8-5-7/h8H,1-5H2,(H,10,11). The summed E-state index contributed by atoms with van der Waals surface area (Å²) < 4.78 is 0. The van der Waals surface area contributed by atoms with E-state index in [9.17, 15) is 4.79 Å². The van der Waals surface area contributed by atoms with Crippen LogP contribution < -0.4 is 5.32 Å². The summed E-state index contributed by atoms with van der Waals surface area (Å²) in [5.74, 6) is 0. The van der Waals surface area contributed by atoms with Crippen molar-refractivity contribution in [3.63, 3.8) is 0 Å². The van der Waals surface area contributed by atoms with Crippen LogP contribution in [-0.4, -0.2) is 41.3 Å². The van der Waals surface area contributed by atoms with E-state index in [2.05, 4.69) is 5.32 Å². The maximum absolute atomic E-state index is 10.6. The monoisotopic (exact) mass is 156 g/mol. The highest BCUT2D eigenvalue weighted by molar-refractivity contribution is 5.67. The van der Waals surface area contributed by atoms with E-state index in [1.54, 1.807) is 4.90 Å². The molecule has 1 atom stereocenters. The van der Waals surface area contributed by atoms with Crippen LogP contribution in [0.2, 0.25) is 0 Å². The number of nitrogens with one attached hydrogen (secondary N) is 1. The largest absolute Gasteiger partial charge is 0.465 e. The highest BCUT2D eigenvalue weighted by atomic mass is 16.4. The van der Waals surface area contributed by atoms with E-state index in [0.717, 1.165) is 32.5 Å². The second kappa shape index (κ2) is 2.11. The smallest absolute Gasteiger partial charge is 0.407 e. The van der Waals surface area contributed by atoms with Crippen molar-refractivity contribution in [2.75, 3.05) is 19.6 Å². The Morgan fingerprint density at radius 3 is 2.73 bits per heavy atom. The zero-order valence-corrected chi connectivity index (χ0v) is 6.34. The molecule has 4 nitrogen and oxygen atoms in total. The Bertz CT molecular complexity index is 187. The second-order valence-electron chi connectivity index (χ2n) is 3.34. The first-order valence-corrected chi connectivity index (χ1v) is 3.96. The van der Waals surface area contributed by atoms with Crippen molar-refractivity contribution in [1.29, 1.82) is 0 Å². The van der Waals surface area contributed by atoms with Crippen molar-refractivity contribution in [3.05, 3.63) is 0 Å². The number of hydrogen-bond donors (Lipinski definition) is 2. The minimum Gasteiger partial charge on any atom is -0.465 e. The molecule has 2 N–H and O–H groups in total. The maximum Gasteiger partial charge on any atom is 0.407 e. The summed E-state index contributed by atoms with van der Waals surface area (Å²) >= 11 is 0. The molecule has 62 valence electrons. The third kappa shape index (κ3) is 0.822. The molecule has 2 saturated heterocycles. The van der Waals surface area contributed by atoms with Crippen molar-refractivity contribution in [1.82, 2.24) is 10.2 Å². The molecule has 0 radical (unpaired) electrons. The molecule has 0 aromatic carbocycles. The molecule has 2 rings (SSSR count). The molecule has 1 amide bonds.